The number of carbonyl (C=O) groups is 3. The van der Waals surface area contributed by atoms with Crippen LogP contribution >= 0.6 is 0 Å². The number of fused-ring (bicyclic) bond motifs is 1. The Morgan fingerprint density at radius 2 is 1.89 bits per heavy atom. The summed E-state index contributed by atoms with van der Waals surface area (Å²) in [6, 6.07) is 3.70. The Balaban J connectivity index is 1.57. The number of nitrogens with one attached hydrogen (secondary N) is 2. The van der Waals surface area contributed by atoms with Crippen LogP contribution in [0.3, 0.4) is 0 Å². The third-order valence-electron chi connectivity index (χ3n) is 5.50. The lowest BCUT2D eigenvalue weighted by Crippen LogP contribution is -2.52. The molecule has 0 aliphatic carbocycles. The summed E-state index contributed by atoms with van der Waals surface area (Å²) in [6.07, 6.45) is -6.37. The van der Waals surface area contributed by atoms with Gasteiger partial charge in [-0.3, -0.25) is 24.6 Å². The predicted octanol–water partition coefficient (Wildman–Crippen LogP) is 2.81. The van der Waals surface area contributed by atoms with Crippen molar-refractivity contribution in [2.24, 2.45) is 0 Å². The van der Waals surface area contributed by atoms with E-state index in [4.69, 9.17) is 22.6 Å². The molecule has 3 heterocycles. The smallest absolute Gasteiger partial charge is 0.255 e. The maximum Gasteiger partial charge on any atom is 0.255 e. The highest BCUT2D eigenvalue weighted by atomic mass is 19.1. The first kappa shape index (κ1) is 13.3. The number of nitrogens with zero attached hydrogens (tertiary/aromatic N) is 2. The van der Waals surface area contributed by atoms with Crippen LogP contribution in [0, 0.1) is 5.82 Å². The number of amides is 3. The van der Waals surface area contributed by atoms with E-state index in [1.165, 1.54) is 12.1 Å². The number of imide groups is 1. The normalized spacial score (nSPS) is 41.0. The van der Waals surface area contributed by atoms with Crippen LogP contribution < -0.4 is 10.6 Å². The Kier molecular flexibility index (Phi) is 3.69. The molecule has 3 aliphatic rings. The fraction of sp³-hybridized carbons (Fsp3) is 0.444. The highest BCUT2D eigenvalue weighted by molar-refractivity contribution is 6.06. The van der Waals surface area contributed by atoms with E-state index in [0.29, 0.717) is 4.90 Å². The summed E-state index contributed by atoms with van der Waals surface area (Å²) in [5.41, 5.74) is -3.26. The Morgan fingerprint density at radius 1 is 1.17 bits per heavy atom. The number of anilines is 1. The molecule has 2 fully saturated rings. The van der Waals surface area contributed by atoms with Crippen LogP contribution in [-0.4, -0.2) is 58.7 Å². The van der Waals surface area contributed by atoms with Crippen LogP contribution in [0.4, 0.5) is 10.1 Å². The first-order valence-electron chi connectivity index (χ1n) is 17.5. The van der Waals surface area contributed by atoms with Crippen LogP contribution in [0.15, 0.2) is 36.4 Å². The predicted molar refractivity (Wildman–Crippen MR) is 131 cm³/mol. The molecule has 3 unspecified atom stereocenters. The number of morpholine rings is 1. The lowest BCUT2D eigenvalue weighted by atomic mass is 10.0. The lowest BCUT2D eigenvalue weighted by Gasteiger charge is -2.35. The maximum absolute atomic E-state index is 16.4. The number of hydrogen-bond donors (Lipinski definition) is 2. The van der Waals surface area contributed by atoms with Crippen LogP contribution in [0.1, 0.15) is 71.6 Å². The molecular formula is C27H31FN4O4. The van der Waals surface area contributed by atoms with Crippen LogP contribution in [0.2, 0.25) is 0 Å². The van der Waals surface area contributed by atoms with Gasteiger partial charge >= 0.3 is 0 Å². The van der Waals surface area contributed by atoms with Gasteiger partial charge in [0.25, 0.3) is 5.91 Å². The third-order valence-corrected chi connectivity index (χ3v) is 5.50. The summed E-state index contributed by atoms with van der Waals surface area (Å²) in [5.74, 6) is -4.69. The molecule has 3 amide bonds. The van der Waals surface area contributed by atoms with Crippen molar-refractivity contribution in [1.29, 1.82) is 0 Å². The summed E-state index contributed by atoms with van der Waals surface area (Å²) >= 11 is 0. The van der Waals surface area contributed by atoms with E-state index >= 15 is 4.39 Å². The minimum Gasteiger partial charge on any atom is -0.381 e. The average molecular weight is 508 g/mol. The third kappa shape index (κ3) is 4.85. The second-order valence-corrected chi connectivity index (χ2v) is 8.11. The Labute approximate surface area is 228 Å². The number of ether oxygens (including phenoxy) is 1. The Morgan fingerprint density at radius 3 is 2.64 bits per heavy atom. The summed E-state index contributed by atoms with van der Waals surface area (Å²) < 4.78 is 133. The molecular weight excluding hydrogens is 463 g/mol. The van der Waals surface area contributed by atoms with Gasteiger partial charge < -0.3 is 15.0 Å². The topological polar surface area (TPSA) is 91.0 Å². The standard InChI is InChI=1S/C27H31FN4O4/c1-16-12-31(13-17(2)36-16)14-19-6-3-5-18(25(19)28)11-29-22-8-4-7-20-21(22)15-32(27(20)35)23-9-10-24(33)30-26(23)34/h3-8,16-17,23,29H,9-15H2,1-2H3,(H,30,33,34)/i11D2,12D2,13D2,14D2,15D2,16D,17D,23D. The number of piperidine rings is 1. The van der Waals surface area contributed by atoms with Gasteiger partial charge in [-0.1, -0.05) is 24.3 Å². The van der Waals surface area contributed by atoms with E-state index < -0.39 is 103 Å². The van der Waals surface area contributed by atoms with Crippen molar-refractivity contribution in [2.45, 2.75) is 64.4 Å². The van der Waals surface area contributed by atoms with E-state index in [-0.39, 0.29) is 16.9 Å². The monoisotopic (exact) mass is 507 g/mol. The molecule has 0 radical (unpaired) electrons. The fourth-order valence-electron chi connectivity index (χ4n) is 3.89. The molecule has 9 heteroatoms. The molecule has 190 valence electrons. The molecule has 3 atom stereocenters. The van der Waals surface area contributed by atoms with Crippen molar-refractivity contribution in [3.63, 3.8) is 0 Å². The molecule has 0 aromatic heterocycles. The van der Waals surface area contributed by atoms with E-state index in [1.807, 2.05) is 5.32 Å². The minimum atomic E-state index is -3.49. The minimum absolute atomic E-state index is 0.133. The number of benzene rings is 2. The first-order chi connectivity index (χ1) is 22.1. The molecule has 8 nitrogen and oxygen atoms in total. The van der Waals surface area contributed by atoms with Gasteiger partial charge in [-0.15, -0.1) is 0 Å². The summed E-state index contributed by atoms with van der Waals surface area (Å²) in [6.45, 7) is -14.4. The van der Waals surface area contributed by atoms with Gasteiger partial charge in [0.05, 0.1) is 21.8 Å². The zero-order valence-corrected chi connectivity index (χ0v) is 19.3. The molecule has 0 bridgehead atoms. The zero-order chi connectivity index (χ0) is 37.1. The highest BCUT2D eigenvalue weighted by Crippen LogP contribution is 2.32. The molecule has 2 N–H and O–H groups in total. The van der Waals surface area contributed by atoms with Crippen molar-refractivity contribution in [3.8, 4) is 0 Å². The van der Waals surface area contributed by atoms with Crippen molar-refractivity contribution >= 4 is 23.4 Å². The Hall–Kier alpha value is -3.30. The SMILES string of the molecule is [2H]C([2H])(Nc1cccc2c1C([2H])([2H])N(C1([2H])CCC(=O)NC1=O)C2=O)c1cccc(C([2H])([2H])N2C([2H])([2H])C([2H])(C)OC([2H])(C)C2([2H])[2H])c1F. The van der Waals surface area contributed by atoms with Crippen molar-refractivity contribution in [2.75, 3.05) is 18.3 Å². The van der Waals surface area contributed by atoms with Gasteiger partial charge in [0.1, 0.15) is 11.8 Å². The highest BCUT2D eigenvalue weighted by Gasteiger charge is 2.39. The number of carbonyl (C=O) groups excluding carboxylic acids is 3. The van der Waals surface area contributed by atoms with Crippen molar-refractivity contribution in [1.82, 2.24) is 15.1 Å². The van der Waals surface area contributed by atoms with E-state index in [1.54, 1.807) is 0 Å². The van der Waals surface area contributed by atoms with E-state index in [0.717, 1.165) is 38.1 Å². The van der Waals surface area contributed by atoms with E-state index in [2.05, 4.69) is 5.32 Å². The van der Waals surface area contributed by atoms with Gasteiger partial charge in [0, 0.05) is 75.1 Å². The number of halogens is 1. The first-order valence-corrected chi connectivity index (χ1v) is 11.0. The fourth-order valence-corrected chi connectivity index (χ4v) is 3.89. The van der Waals surface area contributed by atoms with Crippen LogP contribution in [0.25, 0.3) is 0 Å². The molecule has 3 aliphatic heterocycles. The second-order valence-electron chi connectivity index (χ2n) is 8.11. The largest absolute Gasteiger partial charge is 0.381 e. The van der Waals surface area contributed by atoms with Gasteiger partial charge in [0.15, 0.2) is 0 Å². The summed E-state index contributed by atoms with van der Waals surface area (Å²) in [5, 5.41) is 4.24. The molecule has 5 rings (SSSR count). The van der Waals surface area contributed by atoms with Gasteiger partial charge in [-0.05, 0) is 32.4 Å². The summed E-state index contributed by atoms with van der Waals surface area (Å²) in [4.78, 5) is 38.1. The maximum atomic E-state index is 16.4. The van der Waals surface area contributed by atoms with Crippen LogP contribution in [0.5, 0.6) is 0 Å². The lowest BCUT2D eigenvalue weighted by molar-refractivity contribution is -0.136. The molecule has 2 aromatic carbocycles. The quantitative estimate of drug-likeness (QED) is 0.585. The second kappa shape index (κ2) is 9.99. The van der Waals surface area contributed by atoms with Gasteiger partial charge in [0.2, 0.25) is 11.8 Å². The molecule has 0 spiro atoms. The zero-order valence-electron chi connectivity index (χ0n) is 32.3. The number of rotatable bonds is 6. The molecule has 2 aromatic rings. The van der Waals surface area contributed by atoms with Gasteiger partial charge in [-0.2, -0.15) is 0 Å². The molecule has 2 saturated heterocycles. The van der Waals surface area contributed by atoms with E-state index in [9.17, 15) is 14.4 Å². The Bertz CT molecular complexity index is 1750. The van der Waals surface area contributed by atoms with Crippen molar-refractivity contribution in [3.05, 3.63) is 64.5 Å². The number of hydrogen-bond acceptors (Lipinski definition) is 6. The average Bonchev–Trinajstić information content (AvgIpc) is 3.14. The molecule has 0 saturated carbocycles. The summed E-state index contributed by atoms with van der Waals surface area (Å²) in [7, 11) is 0. The van der Waals surface area contributed by atoms with Crippen LogP contribution in [-0.2, 0) is 33.8 Å². The molecule has 36 heavy (non-hydrogen) atoms. The van der Waals surface area contributed by atoms with Crippen molar-refractivity contribution < 1.29 is 41.3 Å². The van der Waals surface area contributed by atoms with Gasteiger partial charge in [-0.25, -0.2) is 4.39 Å².